The van der Waals surface area contributed by atoms with E-state index >= 15 is 0 Å². The third-order valence-corrected chi connectivity index (χ3v) is 3.70. The summed E-state index contributed by atoms with van der Waals surface area (Å²) in [4.78, 5) is 14.4. The molecule has 0 aliphatic rings. The highest BCUT2D eigenvalue weighted by Crippen LogP contribution is 2.16. The Hall–Kier alpha value is -2.27. The van der Waals surface area contributed by atoms with Crippen LogP contribution in [-0.4, -0.2) is 30.6 Å². The van der Waals surface area contributed by atoms with Crippen molar-refractivity contribution in [1.82, 2.24) is 5.32 Å². The quantitative estimate of drug-likeness (QED) is 0.786. The molecule has 2 aromatic rings. The van der Waals surface area contributed by atoms with Gasteiger partial charge in [-0.3, -0.25) is 4.79 Å². The third-order valence-electron chi connectivity index (χ3n) is 3.70. The zero-order chi connectivity index (χ0) is 16.7. The summed E-state index contributed by atoms with van der Waals surface area (Å²) in [6.07, 6.45) is 1.74. The maximum absolute atomic E-state index is 12.1. The molecule has 0 fully saturated rings. The van der Waals surface area contributed by atoms with Crippen LogP contribution in [0.15, 0.2) is 47.1 Å². The molecule has 1 heterocycles. The van der Waals surface area contributed by atoms with Crippen LogP contribution in [-0.2, 0) is 0 Å². The Labute approximate surface area is 136 Å². The molecule has 0 aliphatic carbocycles. The number of benzene rings is 1. The summed E-state index contributed by atoms with van der Waals surface area (Å²) < 4.78 is 5.10. The average Bonchev–Trinajstić information content (AvgIpc) is 3.12. The van der Waals surface area contributed by atoms with E-state index < -0.39 is 6.10 Å². The second kappa shape index (κ2) is 8.39. The van der Waals surface area contributed by atoms with Crippen molar-refractivity contribution in [2.24, 2.45) is 0 Å². The van der Waals surface area contributed by atoms with Gasteiger partial charge in [-0.1, -0.05) is 6.92 Å². The molecular weight excluding hydrogens is 292 g/mol. The SMILES string of the molecule is CCCN(CC)c1ccc(C(=O)NCC(O)c2ccco2)cc1. The number of carbonyl (C=O) groups excluding carboxylic acids is 1. The topological polar surface area (TPSA) is 65.7 Å². The first-order valence-corrected chi connectivity index (χ1v) is 8.00. The molecule has 1 atom stereocenters. The van der Waals surface area contributed by atoms with E-state index in [-0.39, 0.29) is 12.5 Å². The molecule has 1 aromatic carbocycles. The van der Waals surface area contributed by atoms with E-state index in [0.29, 0.717) is 11.3 Å². The van der Waals surface area contributed by atoms with Gasteiger partial charge in [0.25, 0.3) is 5.91 Å². The summed E-state index contributed by atoms with van der Waals surface area (Å²) >= 11 is 0. The molecule has 23 heavy (non-hydrogen) atoms. The number of nitrogens with zero attached hydrogens (tertiary/aromatic N) is 1. The summed E-state index contributed by atoms with van der Waals surface area (Å²) in [6, 6.07) is 10.9. The van der Waals surface area contributed by atoms with Crippen LogP contribution in [0.4, 0.5) is 5.69 Å². The molecule has 5 heteroatoms. The predicted octanol–water partition coefficient (Wildman–Crippen LogP) is 2.98. The number of nitrogens with one attached hydrogen (secondary N) is 1. The van der Waals surface area contributed by atoms with E-state index in [2.05, 4.69) is 24.1 Å². The van der Waals surface area contributed by atoms with Crippen LogP contribution >= 0.6 is 0 Å². The molecule has 2 N–H and O–H groups in total. The lowest BCUT2D eigenvalue weighted by atomic mass is 10.1. The van der Waals surface area contributed by atoms with Crippen LogP contribution in [0.5, 0.6) is 0 Å². The standard InChI is InChI=1S/C18H24N2O3/c1-3-11-20(4-2)15-9-7-14(8-10-15)18(22)19-13-16(21)17-6-5-12-23-17/h5-10,12,16,21H,3-4,11,13H2,1-2H3,(H,19,22). The van der Waals surface area contributed by atoms with Crippen molar-refractivity contribution in [2.75, 3.05) is 24.5 Å². The monoisotopic (exact) mass is 316 g/mol. The number of rotatable bonds is 8. The molecule has 2 rings (SSSR count). The zero-order valence-corrected chi connectivity index (χ0v) is 13.7. The van der Waals surface area contributed by atoms with Gasteiger partial charge in [-0.05, 0) is 49.7 Å². The highest BCUT2D eigenvalue weighted by molar-refractivity contribution is 5.94. The Kier molecular flexibility index (Phi) is 6.23. The van der Waals surface area contributed by atoms with E-state index in [1.165, 1.54) is 6.26 Å². The average molecular weight is 316 g/mol. The Morgan fingerprint density at radius 3 is 2.57 bits per heavy atom. The summed E-state index contributed by atoms with van der Waals surface area (Å²) in [5, 5.41) is 12.6. The van der Waals surface area contributed by atoms with Crippen LogP contribution in [0.2, 0.25) is 0 Å². The molecule has 0 saturated carbocycles. The minimum Gasteiger partial charge on any atom is -0.467 e. The normalized spacial score (nSPS) is 12.0. The smallest absolute Gasteiger partial charge is 0.251 e. The largest absolute Gasteiger partial charge is 0.467 e. The van der Waals surface area contributed by atoms with Gasteiger partial charge in [-0.25, -0.2) is 0 Å². The lowest BCUT2D eigenvalue weighted by molar-refractivity contribution is 0.0901. The molecule has 5 nitrogen and oxygen atoms in total. The second-order valence-electron chi connectivity index (χ2n) is 5.37. The van der Waals surface area contributed by atoms with Gasteiger partial charge in [0.1, 0.15) is 11.9 Å². The van der Waals surface area contributed by atoms with Crippen molar-refractivity contribution < 1.29 is 14.3 Å². The first kappa shape index (κ1) is 17.1. The van der Waals surface area contributed by atoms with E-state index in [1.807, 2.05) is 24.3 Å². The molecule has 0 bridgehead atoms. The number of hydrogen-bond donors (Lipinski definition) is 2. The van der Waals surface area contributed by atoms with Crippen molar-refractivity contribution in [3.8, 4) is 0 Å². The van der Waals surface area contributed by atoms with Gasteiger partial charge in [0, 0.05) is 24.3 Å². The minimum atomic E-state index is -0.839. The third kappa shape index (κ3) is 4.60. The highest BCUT2D eigenvalue weighted by atomic mass is 16.4. The lowest BCUT2D eigenvalue weighted by Crippen LogP contribution is -2.28. The molecular formula is C18H24N2O3. The number of hydrogen-bond acceptors (Lipinski definition) is 4. The van der Waals surface area contributed by atoms with Crippen molar-refractivity contribution >= 4 is 11.6 Å². The van der Waals surface area contributed by atoms with Crippen LogP contribution in [0.1, 0.15) is 42.5 Å². The van der Waals surface area contributed by atoms with Crippen molar-refractivity contribution in [1.29, 1.82) is 0 Å². The van der Waals surface area contributed by atoms with Gasteiger partial charge in [0.15, 0.2) is 0 Å². The molecule has 0 radical (unpaired) electrons. The van der Waals surface area contributed by atoms with Crippen molar-refractivity contribution in [3.63, 3.8) is 0 Å². The molecule has 0 saturated heterocycles. The van der Waals surface area contributed by atoms with Crippen LogP contribution in [0.25, 0.3) is 0 Å². The highest BCUT2D eigenvalue weighted by Gasteiger charge is 2.13. The Morgan fingerprint density at radius 1 is 1.26 bits per heavy atom. The van der Waals surface area contributed by atoms with Gasteiger partial charge < -0.3 is 19.7 Å². The maximum Gasteiger partial charge on any atom is 0.251 e. The molecule has 124 valence electrons. The van der Waals surface area contributed by atoms with Gasteiger partial charge in [-0.15, -0.1) is 0 Å². The Morgan fingerprint density at radius 2 is 2.00 bits per heavy atom. The lowest BCUT2D eigenvalue weighted by Gasteiger charge is -2.22. The van der Waals surface area contributed by atoms with Gasteiger partial charge in [0.05, 0.1) is 12.8 Å². The summed E-state index contributed by atoms with van der Waals surface area (Å²) in [5.41, 5.74) is 1.69. The first-order valence-electron chi connectivity index (χ1n) is 8.00. The zero-order valence-electron chi connectivity index (χ0n) is 13.7. The number of aliphatic hydroxyl groups is 1. The Balaban J connectivity index is 1.92. The van der Waals surface area contributed by atoms with Crippen molar-refractivity contribution in [2.45, 2.75) is 26.4 Å². The number of furan rings is 1. The molecule has 0 spiro atoms. The van der Waals surface area contributed by atoms with E-state index in [1.54, 1.807) is 12.1 Å². The fraction of sp³-hybridized carbons (Fsp3) is 0.389. The molecule has 1 unspecified atom stereocenters. The van der Waals surface area contributed by atoms with Gasteiger partial charge >= 0.3 is 0 Å². The van der Waals surface area contributed by atoms with Gasteiger partial charge in [-0.2, -0.15) is 0 Å². The van der Waals surface area contributed by atoms with Crippen LogP contribution in [0.3, 0.4) is 0 Å². The fourth-order valence-corrected chi connectivity index (χ4v) is 2.44. The summed E-state index contributed by atoms with van der Waals surface area (Å²) in [6.45, 7) is 6.32. The number of aliphatic hydroxyl groups excluding tert-OH is 1. The molecule has 0 aliphatic heterocycles. The fourth-order valence-electron chi connectivity index (χ4n) is 2.44. The van der Waals surface area contributed by atoms with Crippen LogP contribution < -0.4 is 10.2 Å². The maximum atomic E-state index is 12.1. The molecule has 1 aromatic heterocycles. The Bertz CT molecular complexity index is 593. The van der Waals surface area contributed by atoms with Crippen molar-refractivity contribution in [3.05, 3.63) is 54.0 Å². The van der Waals surface area contributed by atoms with Crippen LogP contribution in [0, 0.1) is 0 Å². The predicted molar refractivity (Wildman–Crippen MR) is 90.6 cm³/mol. The number of amides is 1. The minimum absolute atomic E-state index is 0.116. The first-order chi connectivity index (χ1) is 11.2. The second-order valence-corrected chi connectivity index (χ2v) is 5.37. The molecule has 1 amide bonds. The number of anilines is 1. The van der Waals surface area contributed by atoms with E-state index in [0.717, 1.165) is 25.2 Å². The summed E-state index contributed by atoms with van der Waals surface area (Å²) in [5.74, 6) is 0.236. The number of carbonyl (C=O) groups is 1. The van der Waals surface area contributed by atoms with E-state index in [9.17, 15) is 9.90 Å². The summed E-state index contributed by atoms with van der Waals surface area (Å²) in [7, 11) is 0. The van der Waals surface area contributed by atoms with Gasteiger partial charge in [0.2, 0.25) is 0 Å². The van der Waals surface area contributed by atoms with E-state index in [4.69, 9.17) is 4.42 Å².